The fraction of sp³-hybridized carbons (Fsp3) is 0.0385. The molecule has 6 nitrogen and oxygen atoms in total. The van der Waals surface area contributed by atoms with Crippen LogP contribution >= 0.6 is 24.0 Å². The number of halogens is 2. The first-order valence-electron chi connectivity index (χ1n) is 10.4. The van der Waals surface area contributed by atoms with Gasteiger partial charge in [0.2, 0.25) is 5.88 Å². The number of nitrogens with two attached hydrogens (primary N) is 1. The van der Waals surface area contributed by atoms with Crippen LogP contribution in [0.4, 0.5) is 5.82 Å². The van der Waals surface area contributed by atoms with Crippen molar-refractivity contribution in [2.24, 2.45) is 0 Å². The van der Waals surface area contributed by atoms with Gasteiger partial charge in [0.1, 0.15) is 11.6 Å². The lowest BCUT2D eigenvalue weighted by Gasteiger charge is -2.15. The molecule has 0 aliphatic carbocycles. The Morgan fingerprint density at radius 3 is 2.35 bits per heavy atom. The molecule has 0 atom stereocenters. The lowest BCUT2D eigenvalue weighted by molar-refractivity contribution is 0.455. The Labute approximate surface area is 208 Å². The highest BCUT2D eigenvalue weighted by atomic mass is 35.5. The fourth-order valence-electron chi connectivity index (χ4n) is 3.70. The largest absolute Gasteiger partial charge is 0.438 e. The summed E-state index contributed by atoms with van der Waals surface area (Å²) in [6, 6.07) is 29.0. The van der Waals surface area contributed by atoms with E-state index in [9.17, 15) is 0 Å². The summed E-state index contributed by atoms with van der Waals surface area (Å²) in [5, 5.41) is 8.49. The molecular formula is C26H21Cl2N5O. The maximum atomic E-state index is 6.54. The van der Waals surface area contributed by atoms with E-state index in [1.54, 1.807) is 24.4 Å². The fourth-order valence-corrected chi connectivity index (χ4v) is 3.93. The van der Waals surface area contributed by atoms with Crippen molar-refractivity contribution in [3.05, 3.63) is 108 Å². The smallest absolute Gasteiger partial charge is 0.238 e. The first-order chi connectivity index (χ1) is 16.2. The second-order valence-corrected chi connectivity index (χ2v) is 7.82. The van der Waals surface area contributed by atoms with Crippen LogP contribution in [-0.2, 0) is 6.54 Å². The van der Waals surface area contributed by atoms with Crippen LogP contribution in [0.25, 0.3) is 22.5 Å². The summed E-state index contributed by atoms with van der Waals surface area (Å²) in [6.45, 7) is 0.547. The number of ether oxygens (including phenoxy) is 1. The molecule has 3 aromatic heterocycles. The highest BCUT2D eigenvalue weighted by Gasteiger charge is 2.15. The molecule has 2 N–H and O–H groups in total. The molecule has 0 spiro atoms. The predicted octanol–water partition coefficient (Wildman–Crippen LogP) is 6.51. The second-order valence-electron chi connectivity index (χ2n) is 7.41. The summed E-state index contributed by atoms with van der Waals surface area (Å²) in [5.74, 6) is 1.62. The highest BCUT2D eigenvalue weighted by Crippen LogP contribution is 2.34. The lowest BCUT2D eigenvalue weighted by Crippen LogP contribution is -2.06. The van der Waals surface area contributed by atoms with Gasteiger partial charge in [0.25, 0.3) is 0 Å². The number of rotatable bonds is 6. The Balaban J connectivity index is 0.00000274. The predicted molar refractivity (Wildman–Crippen MR) is 137 cm³/mol. The van der Waals surface area contributed by atoms with Crippen molar-refractivity contribution in [2.75, 3.05) is 5.73 Å². The molecule has 0 saturated heterocycles. The van der Waals surface area contributed by atoms with E-state index < -0.39 is 0 Å². The van der Waals surface area contributed by atoms with Crippen molar-refractivity contribution in [3.8, 4) is 34.1 Å². The third-order valence-electron chi connectivity index (χ3n) is 5.20. The van der Waals surface area contributed by atoms with Gasteiger partial charge < -0.3 is 15.0 Å². The average molecular weight is 490 g/mol. The van der Waals surface area contributed by atoms with Gasteiger partial charge in [0, 0.05) is 28.5 Å². The third kappa shape index (κ3) is 5.03. The van der Waals surface area contributed by atoms with Crippen LogP contribution in [0, 0.1) is 0 Å². The molecule has 2 aromatic carbocycles. The van der Waals surface area contributed by atoms with E-state index >= 15 is 0 Å². The van der Waals surface area contributed by atoms with Crippen molar-refractivity contribution >= 4 is 29.8 Å². The summed E-state index contributed by atoms with van der Waals surface area (Å²) in [6.07, 6.45) is 1.61. The Morgan fingerprint density at radius 2 is 1.62 bits per heavy atom. The minimum absolute atomic E-state index is 0. The number of aromatic nitrogens is 4. The van der Waals surface area contributed by atoms with Gasteiger partial charge in [-0.1, -0.05) is 35.9 Å². The summed E-state index contributed by atoms with van der Waals surface area (Å²) in [4.78, 5) is 4.49. The molecule has 0 saturated carbocycles. The summed E-state index contributed by atoms with van der Waals surface area (Å²) < 4.78 is 7.97. The standard InChI is InChI=1S/C26H20ClN5O.ClH/c27-22-7-2-1-6-21(22)24-15-14-23(32(24)17-19-5-3-8-25(28)30-19)18-10-12-20(13-11-18)33-26-9-4-16-29-31-26;/h1-16H,17H2,(H2,28,30);1H. The summed E-state index contributed by atoms with van der Waals surface area (Å²) >= 11 is 6.54. The number of hydrogen-bond donors (Lipinski definition) is 1. The maximum Gasteiger partial charge on any atom is 0.238 e. The van der Waals surface area contributed by atoms with Crippen LogP contribution in [0.15, 0.2) is 97.2 Å². The Morgan fingerprint density at radius 1 is 0.824 bits per heavy atom. The Bertz CT molecular complexity index is 1390. The van der Waals surface area contributed by atoms with E-state index in [-0.39, 0.29) is 12.4 Å². The van der Waals surface area contributed by atoms with E-state index in [0.717, 1.165) is 28.2 Å². The zero-order valence-electron chi connectivity index (χ0n) is 18.0. The number of hydrogen-bond acceptors (Lipinski definition) is 5. The molecule has 0 radical (unpaired) electrons. The van der Waals surface area contributed by atoms with E-state index in [4.69, 9.17) is 22.1 Å². The van der Waals surface area contributed by atoms with E-state index in [1.807, 2.05) is 60.7 Å². The van der Waals surface area contributed by atoms with Gasteiger partial charge in [0.05, 0.1) is 17.9 Å². The van der Waals surface area contributed by atoms with Crippen LogP contribution in [-0.4, -0.2) is 19.7 Å². The molecule has 0 aliphatic heterocycles. The molecule has 0 bridgehead atoms. The van der Waals surface area contributed by atoms with E-state index in [0.29, 0.717) is 29.0 Å². The van der Waals surface area contributed by atoms with Crippen LogP contribution in [0.2, 0.25) is 5.02 Å². The SMILES string of the molecule is Cl.Nc1cccc(Cn2c(-c3ccc(Oc4cccnn4)cc3)ccc2-c2ccccc2Cl)n1. The molecule has 170 valence electrons. The highest BCUT2D eigenvalue weighted by molar-refractivity contribution is 6.33. The zero-order valence-corrected chi connectivity index (χ0v) is 19.6. The number of benzene rings is 2. The van der Waals surface area contributed by atoms with Crippen LogP contribution < -0.4 is 10.5 Å². The molecule has 0 unspecified atom stereocenters. The number of pyridine rings is 1. The molecule has 0 aliphatic rings. The van der Waals surface area contributed by atoms with Gasteiger partial charge in [-0.2, -0.15) is 5.10 Å². The molecular weight excluding hydrogens is 469 g/mol. The monoisotopic (exact) mass is 489 g/mol. The molecule has 8 heteroatoms. The normalized spacial score (nSPS) is 10.5. The van der Waals surface area contributed by atoms with Gasteiger partial charge in [-0.05, 0) is 66.2 Å². The average Bonchev–Trinajstić information content (AvgIpc) is 3.24. The van der Waals surface area contributed by atoms with Gasteiger partial charge in [0.15, 0.2) is 0 Å². The first-order valence-corrected chi connectivity index (χ1v) is 10.8. The Hall–Kier alpha value is -3.87. The molecule has 0 amide bonds. The molecule has 34 heavy (non-hydrogen) atoms. The van der Waals surface area contributed by atoms with E-state index in [2.05, 4.69) is 31.9 Å². The lowest BCUT2D eigenvalue weighted by atomic mass is 10.1. The van der Waals surface area contributed by atoms with Crippen molar-refractivity contribution in [3.63, 3.8) is 0 Å². The van der Waals surface area contributed by atoms with Gasteiger partial charge >= 0.3 is 0 Å². The van der Waals surface area contributed by atoms with Crippen molar-refractivity contribution in [1.29, 1.82) is 0 Å². The van der Waals surface area contributed by atoms with Gasteiger partial charge in [-0.25, -0.2) is 4.98 Å². The van der Waals surface area contributed by atoms with Gasteiger partial charge in [-0.3, -0.25) is 0 Å². The molecule has 5 rings (SSSR count). The summed E-state index contributed by atoms with van der Waals surface area (Å²) in [7, 11) is 0. The van der Waals surface area contributed by atoms with Crippen molar-refractivity contribution in [1.82, 2.24) is 19.7 Å². The van der Waals surface area contributed by atoms with Crippen molar-refractivity contribution in [2.45, 2.75) is 6.54 Å². The molecule has 0 fully saturated rings. The topological polar surface area (TPSA) is 78.9 Å². The number of nitrogen functional groups attached to an aromatic ring is 1. The van der Waals surface area contributed by atoms with Crippen LogP contribution in [0.1, 0.15) is 5.69 Å². The number of nitrogens with zero attached hydrogens (tertiary/aromatic N) is 4. The minimum Gasteiger partial charge on any atom is -0.438 e. The van der Waals surface area contributed by atoms with E-state index in [1.165, 1.54) is 0 Å². The second kappa shape index (κ2) is 10.4. The maximum absolute atomic E-state index is 6.54. The molecule has 3 heterocycles. The van der Waals surface area contributed by atoms with Gasteiger partial charge in [-0.15, -0.1) is 17.5 Å². The summed E-state index contributed by atoms with van der Waals surface area (Å²) in [5.41, 5.74) is 10.8. The Kier molecular flexibility index (Phi) is 7.11. The number of anilines is 1. The van der Waals surface area contributed by atoms with Crippen LogP contribution in [0.5, 0.6) is 11.6 Å². The van der Waals surface area contributed by atoms with Crippen molar-refractivity contribution < 1.29 is 4.74 Å². The quantitative estimate of drug-likeness (QED) is 0.294. The minimum atomic E-state index is 0. The third-order valence-corrected chi connectivity index (χ3v) is 5.53. The zero-order chi connectivity index (χ0) is 22.6. The van der Waals surface area contributed by atoms with Crippen LogP contribution in [0.3, 0.4) is 0 Å². The molecule has 5 aromatic rings. The first kappa shape index (κ1) is 23.3.